The van der Waals surface area contributed by atoms with Gasteiger partial charge in [0.05, 0.1) is 4.90 Å². The van der Waals surface area contributed by atoms with E-state index in [4.69, 9.17) is 11.6 Å². The molecule has 0 saturated heterocycles. The highest BCUT2D eigenvalue weighted by atomic mass is 35.5. The molecule has 1 aromatic heterocycles. The Kier molecular flexibility index (Phi) is 4.00. The van der Waals surface area contributed by atoms with Crippen molar-refractivity contribution in [2.45, 2.75) is 11.8 Å². The minimum atomic E-state index is -3.29. The fraction of sp³-hybridized carbons (Fsp3) is 0.118. The van der Waals surface area contributed by atoms with Crippen LogP contribution in [-0.4, -0.2) is 24.6 Å². The fourth-order valence-corrected chi connectivity index (χ4v) is 3.15. The summed E-state index contributed by atoms with van der Waals surface area (Å²) in [5.74, 6) is 0.701. The van der Waals surface area contributed by atoms with Crippen LogP contribution in [0.5, 0.6) is 0 Å². The van der Waals surface area contributed by atoms with Crippen LogP contribution in [0.2, 0.25) is 5.02 Å². The third-order valence-corrected chi connectivity index (χ3v) is 4.89. The first kappa shape index (κ1) is 15.8. The van der Waals surface area contributed by atoms with Crippen LogP contribution >= 0.6 is 11.6 Å². The van der Waals surface area contributed by atoms with Crippen molar-refractivity contribution in [3.05, 3.63) is 59.4 Å². The van der Waals surface area contributed by atoms with E-state index >= 15 is 0 Å². The minimum Gasteiger partial charge on any atom is -0.342 e. The number of imidazole rings is 1. The second kappa shape index (κ2) is 5.83. The minimum absolute atomic E-state index is 0.273. The summed E-state index contributed by atoms with van der Waals surface area (Å²) in [4.78, 5) is 7.81. The number of sulfone groups is 1. The van der Waals surface area contributed by atoms with Crippen molar-refractivity contribution in [3.8, 4) is 22.5 Å². The average Bonchev–Trinajstić information content (AvgIpc) is 2.93. The van der Waals surface area contributed by atoms with E-state index in [1.165, 1.54) is 6.26 Å². The fourth-order valence-electron chi connectivity index (χ4n) is 2.38. The SMILES string of the molecule is Cc1cnc(-c2ccc(S(C)(=O)=O)cc2-c2ccc(Cl)cc2)[nH]1. The van der Waals surface area contributed by atoms with Gasteiger partial charge in [0.15, 0.2) is 9.84 Å². The maximum atomic E-state index is 11.9. The Morgan fingerprint density at radius 1 is 1.04 bits per heavy atom. The van der Waals surface area contributed by atoms with Gasteiger partial charge in [-0.25, -0.2) is 13.4 Å². The number of nitrogens with one attached hydrogen (secondary N) is 1. The van der Waals surface area contributed by atoms with Gasteiger partial charge >= 0.3 is 0 Å². The molecule has 0 unspecified atom stereocenters. The van der Waals surface area contributed by atoms with Crippen molar-refractivity contribution in [2.75, 3.05) is 6.26 Å². The van der Waals surface area contributed by atoms with E-state index in [1.54, 1.807) is 36.5 Å². The number of aromatic nitrogens is 2. The van der Waals surface area contributed by atoms with E-state index in [9.17, 15) is 8.42 Å². The Bertz CT molecular complexity index is 961. The Hall–Kier alpha value is -2.11. The van der Waals surface area contributed by atoms with Crippen LogP contribution < -0.4 is 0 Å². The molecule has 0 bridgehead atoms. The highest BCUT2D eigenvalue weighted by Crippen LogP contribution is 2.33. The molecule has 3 rings (SSSR count). The van der Waals surface area contributed by atoms with Crippen LogP contribution in [-0.2, 0) is 9.84 Å². The lowest BCUT2D eigenvalue weighted by molar-refractivity contribution is 0.602. The lowest BCUT2D eigenvalue weighted by atomic mass is 9.99. The number of hydrogen-bond acceptors (Lipinski definition) is 3. The van der Waals surface area contributed by atoms with Gasteiger partial charge in [-0.05, 0) is 48.4 Å². The van der Waals surface area contributed by atoms with E-state index in [0.717, 1.165) is 22.4 Å². The molecule has 0 spiro atoms. The van der Waals surface area contributed by atoms with Crippen molar-refractivity contribution in [1.29, 1.82) is 0 Å². The molecule has 0 radical (unpaired) electrons. The molecule has 118 valence electrons. The van der Waals surface area contributed by atoms with Crippen LogP contribution in [0.25, 0.3) is 22.5 Å². The Balaban J connectivity index is 2.25. The van der Waals surface area contributed by atoms with Gasteiger partial charge in [0.2, 0.25) is 0 Å². The van der Waals surface area contributed by atoms with Gasteiger partial charge in [0, 0.05) is 28.7 Å². The van der Waals surface area contributed by atoms with E-state index in [-0.39, 0.29) is 4.90 Å². The molecule has 3 aromatic rings. The smallest absolute Gasteiger partial charge is 0.175 e. The van der Waals surface area contributed by atoms with Crippen LogP contribution in [0.4, 0.5) is 0 Å². The van der Waals surface area contributed by atoms with E-state index < -0.39 is 9.84 Å². The highest BCUT2D eigenvalue weighted by Gasteiger charge is 2.15. The van der Waals surface area contributed by atoms with E-state index in [1.807, 2.05) is 19.1 Å². The first-order valence-corrected chi connectivity index (χ1v) is 9.23. The first-order valence-electron chi connectivity index (χ1n) is 6.96. The predicted molar refractivity (Wildman–Crippen MR) is 92.3 cm³/mol. The van der Waals surface area contributed by atoms with Gasteiger partial charge in [-0.1, -0.05) is 23.7 Å². The standard InChI is InChI=1S/C17H15ClN2O2S/c1-11-10-19-17(20-11)15-8-7-14(23(2,21)22)9-16(15)12-3-5-13(18)6-4-12/h3-10H,1-2H3,(H,19,20). The number of aryl methyl sites for hydroxylation is 1. The van der Waals surface area contributed by atoms with Crippen LogP contribution in [0.3, 0.4) is 0 Å². The van der Waals surface area contributed by atoms with Crippen molar-refractivity contribution in [2.24, 2.45) is 0 Å². The molecule has 0 saturated carbocycles. The Morgan fingerprint density at radius 3 is 2.30 bits per heavy atom. The largest absolute Gasteiger partial charge is 0.342 e. The second-order valence-electron chi connectivity index (χ2n) is 5.40. The number of rotatable bonds is 3. The van der Waals surface area contributed by atoms with Gasteiger partial charge < -0.3 is 4.98 Å². The molecule has 6 heteroatoms. The molecule has 0 fully saturated rings. The molecule has 23 heavy (non-hydrogen) atoms. The van der Waals surface area contributed by atoms with Crippen molar-refractivity contribution >= 4 is 21.4 Å². The topological polar surface area (TPSA) is 62.8 Å². The molecule has 1 heterocycles. The molecule has 0 atom stereocenters. The lowest BCUT2D eigenvalue weighted by Gasteiger charge is -2.10. The number of benzene rings is 2. The first-order chi connectivity index (χ1) is 10.8. The third-order valence-electron chi connectivity index (χ3n) is 3.53. The summed E-state index contributed by atoms with van der Waals surface area (Å²) in [5.41, 5.74) is 3.45. The maximum Gasteiger partial charge on any atom is 0.175 e. The zero-order valence-corrected chi connectivity index (χ0v) is 14.2. The summed E-state index contributed by atoms with van der Waals surface area (Å²) < 4.78 is 23.8. The van der Waals surface area contributed by atoms with Gasteiger partial charge in [-0.2, -0.15) is 0 Å². The maximum absolute atomic E-state index is 11.9. The monoisotopic (exact) mass is 346 g/mol. The molecular weight excluding hydrogens is 332 g/mol. The van der Waals surface area contributed by atoms with Crippen molar-refractivity contribution in [3.63, 3.8) is 0 Å². The van der Waals surface area contributed by atoms with Gasteiger partial charge in [-0.15, -0.1) is 0 Å². The lowest BCUT2D eigenvalue weighted by Crippen LogP contribution is -1.98. The highest BCUT2D eigenvalue weighted by molar-refractivity contribution is 7.90. The van der Waals surface area contributed by atoms with Gasteiger partial charge in [0.1, 0.15) is 5.82 Å². The normalized spacial score (nSPS) is 11.6. The van der Waals surface area contributed by atoms with Crippen molar-refractivity contribution in [1.82, 2.24) is 9.97 Å². The van der Waals surface area contributed by atoms with E-state index in [2.05, 4.69) is 9.97 Å². The molecule has 4 nitrogen and oxygen atoms in total. The van der Waals surface area contributed by atoms with E-state index in [0.29, 0.717) is 10.8 Å². The molecule has 0 aliphatic heterocycles. The number of H-pyrrole nitrogens is 1. The van der Waals surface area contributed by atoms with Gasteiger partial charge in [-0.3, -0.25) is 0 Å². The summed E-state index contributed by atoms with van der Waals surface area (Å²) in [5, 5.41) is 0.628. The molecule has 0 aliphatic rings. The Morgan fingerprint density at radius 2 is 1.74 bits per heavy atom. The second-order valence-corrected chi connectivity index (χ2v) is 7.85. The quantitative estimate of drug-likeness (QED) is 0.776. The van der Waals surface area contributed by atoms with Crippen LogP contribution in [0.15, 0.2) is 53.6 Å². The number of aromatic amines is 1. The van der Waals surface area contributed by atoms with Crippen molar-refractivity contribution < 1.29 is 8.42 Å². The summed E-state index contributed by atoms with van der Waals surface area (Å²) in [7, 11) is -3.29. The zero-order valence-electron chi connectivity index (χ0n) is 12.7. The summed E-state index contributed by atoms with van der Waals surface area (Å²) in [6, 6.07) is 12.3. The summed E-state index contributed by atoms with van der Waals surface area (Å²) >= 11 is 5.95. The number of halogens is 1. The molecule has 1 N–H and O–H groups in total. The summed E-state index contributed by atoms with van der Waals surface area (Å²) in [6.45, 7) is 1.92. The molecular formula is C17H15ClN2O2S. The molecule has 0 amide bonds. The molecule has 0 aliphatic carbocycles. The van der Waals surface area contributed by atoms with Crippen LogP contribution in [0.1, 0.15) is 5.69 Å². The predicted octanol–water partition coefficient (Wildman–Crippen LogP) is 4.11. The molecule has 2 aromatic carbocycles. The number of hydrogen-bond donors (Lipinski definition) is 1. The third kappa shape index (κ3) is 3.30. The zero-order chi connectivity index (χ0) is 16.6. The number of nitrogens with zero attached hydrogens (tertiary/aromatic N) is 1. The van der Waals surface area contributed by atoms with Gasteiger partial charge in [0.25, 0.3) is 0 Å². The van der Waals surface area contributed by atoms with Crippen LogP contribution in [0, 0.1) is 6.92 Å². The summed E-state index contributed by atoms with van der Waals surface area (Å²) in [6.07, 6.45) is 2.94. The Labute approximate surface area is 140 Å². The average molecular weight is 347 g/mol.